The average Bonchev–Trinajstić information content (AvgIpc) is 3.13. The van der Waals surface area contributed by atoms with Crippen molar-refractivity contribution in [2.24, 2.45) is 5.92 Å². The molecule has 0 saturated heterocycles. The van der Waals surface area contributed by atoms with Crippen LogP contribution < -0.4 is 11.1 Å². The van der Waals surface area contributed by atoms with Crippen molar-refractivity contribution < 1.29 is 5.11 Å². The Hall–Kier alpha value is -0.810. The van der Waals surface area contributed by atoms with Gasteiger partial charge in [-0.15, -0.1) is 0 Å². The Morgan fingerprint density at radius 2 is 1.94 bits per heavy atom. The van der Waals surface area contributed by atoms with Gasteiger partial charge in [-0.3, -0.25) is 0 Å². The normalized spacial score (nSPS) is 28.3. The summed E-state index contributed by atoms with van der Waals surface area (Å²) in [5.74, 6) is 2.06. The van der Waals surface area contributed by atoms with Gasteiger partial charge in [0.25, 0.3) is 0 Å². The highest BCUT2D eigenvalue weighted by Crippen LogP contribution is 2.47. The first-order chi connectivity index (χ1) is 8.74. The second-order valence-electron chi connectivity index (χ2n) is 5.64. The zero-order valence-corrected chi connectivity index (χ0v) is 11.4. The molecule has 1 aromatic rings. The minimum absolute atomic E-state index is 0.0673. The van der Waals surface area contributed by atoms with E-state index in [9.17, 15) is 5.11 Å². The van der Waals surface area contributed by atoms with Crippen LogP contribution >= 0.6 is 11.5 Å². The molecule has 2 aliphatic rings. The Balaban J connectivity index is 1.56. The summed E-state index contributed by atoms with van der Waals surface area (Å²) in [6.07, 6.45) is 6.60. The quantitative estimate of drug-likeness (QED) is 0.784. The maximum Gasteiger partial charge on any atom is 0.142 e. The van der Waals surface area contributed by atoms with Crippen molar-refractivity contribution in [3.05, 3.63) is 5.56 Å². The Kier molecular flexibility index (Phi) is 3.43. The fourth-order valence-corrected chi connectivity index (χ4v) is 3.59. The van der Waals surface area contributed by atoms with Crippen molar-refractivity contribution in [2.45, 2.75) is 50.5 Å². The number of nitrogens with two attached hydrogens (primary N) is 1. The lowest BCUT2D eigenvalue weighted by molar-refractivity contribution is 0.111. The lowest BCUT2D eigenvalue weighted by Crippen LogP contribution is -2.23. The van der Waals surface area contributed by atoms with Crippen molar-refractivity contribution in [1.82, 2.24) is 4.37 Å². The van der Waals surface area contributed by atoms with Crippen LogP contribution in [0.4, 0.5) is 10.8 Å². The number of nitrogen functional groups attached to an aromatic ring is 1. The van der Waals surface area contributed by atoms with Crippen LogP contribution in [0.3, 0.4) is 0 Å². The van der Waals surface area contributed by atoms with E-state index in [4.69, 9.17) is 5.73 Å². The molecule has 0 amide bonds. The molecule has 0 unspecified atom stereocenters. The number of hydrogen-bond acceptors (Lipinski definition) is 5. The topological polar surface area (TPSA) is 71.2 Å². The first-order valence-corrected chi connectivity index (χ1v) is 7.68. The molecule has 0 aromatic carbocycles. The van der Waals surface area contributed by atoms with Gasteiger partial charge in [-0.1, -0.05) is 0 Å². The average molecular weight is 267 g/mol. The largest absolute Gasteiger partial charge is 0.393 e. The molecule has 2 fully saturated rings. The highest BCUT2D eigenvalue weighted by atomic mass is 32.1. The molecule has 1 aromatic heterocycles. The molecule has 0 radical (unpaired) electrons. The molecule has 1 heterocycles. The highest BCUT2D eigenvalue weighted by molar-refractivity contribution is 7.10. The summed E-state index contributed by atoms with van der Waals surface area (Å²) in [5, 5.41) is 14.2. The second-order valence-corrected chi connectivity index (χ2v) is 6.41. The molecule has 0 bridgehead atoms. The van der Waals surface area contributed by atoms with Crippen molar-refractivity contribution in [1.29, 1.82) is 0 Å². The van der Waals surface area contributed by atoms with Gasteiger partial charge in [0.15, 0.2) is 0 Å². The summed E-state index contributed by atoms with van der Waals surface area (Å²) in [7, 11) is 0. The fourth-order valence-electron chi connectivity index (χ4n) is 2.79. The van der Waals surface area contributed by atoms with Crippen LogP contribution in [0.25, 0.3) is 0 Å². The number of rotatable bonds is 4. The number of aliphatic hydroxyl groups is 1. The van der Waals surface area contributed by atoms with E-state index in [1.165, 1.54) is 34.9 Å². The molecule has 5 heteroatoms. The van der Waals surface area contributed by atoms with Gasteiger partial charge in [-0.05, 0) is 61.9 Å². The number of nitrogens with zero attached hydrogens (tertiary/aromatic N) is 1. The van der Waals surface area contributed by atoms with Gasteiger partial charge in [0.2, 0.25) is 0 Å². The molecule has 0 atom stereocenters. The smallest absolute Gasteiger partial charge is 0.142 e. The van der Waals surface area contributed by atoms with Gasteiger partial charge in [-0.2, -0.15) is 4.37 Å². The zero-order chi connectivity index (χ0) is 12.5. The molecular formula is C13H21N3OS. The summed E-state index contributed by atoms with van der Waals surface area (Å²) >= 11 is 1.50. The molecule has 18 heavy (non-hydrogen) atoms. The number of hydrogen-bond donors (Lipinski definition) is 3. The van der Waals surface area contributed by atoms with E-state index < -0.39 is 0 Å². The van der Waals surface area contributed by atoms with E-state index in [-0.39, 0.29) is 6.10 Å². The van der Waals surface area contributed by atoms with E-state index >= 15 is 0 Å². The van der Waals surface area contributed by atoms with Gasteiger partial charge < -0.3 is 16.2 Å². The second kappa shape index (κ2) is 5.05. The van der Waals surface area contributed by atoms with E-state index in [1.54, 1.807) is 0 Å². The summed E-state index contributed by atoms with van der Waals surface area (Å²) in [4.78, 5) is 0. The van der Waals surface area contributed by atoms with E-state index in [2.05, 4.69) is 9.69 Å². The first kappa shape index (κ1) is 12.2. The van der Waals surface area contributed by atoms with E-state index in [0.29, 0.717) is 11.8 Å². The van der Waals surface area contributed by atoms with Crippen LogP contribution in [0.1, 0.15) is 50.0 Å². The van der Waals surface area contributed by atoms with Crippen LogP contribution in [0.15, 0.2) is 0 Å². The zero-order valence-electron chi connectivity index (χ0n) is 10.6. The molecule has 4 N–H and O–H groups in total. The number of aliphatic hydroxyl groups excluding tert-OH is 1. The predicted molar refractivity (Wildman–Crippen MR) is 75.0 cm³/mol. The number of nitrogens with one attached hydrogen (secondary N) is 1. The third kappa shape index (κ3) is 2.62. The third-order valence-electron chi connectivity index (χ3n) is 4.11. The molecule has 3 rings (SSSR count). The summed E-state index contributed by atoms with van der Waals surface area (Å²) < 4.78 is 4.27. The van der Waals surface area contributed by atoms with Crippen LogP contribution in [-0.4, -0.2) is 22.1 Å². The van der Waals surface area contributed by atoms with Crippen LogP contribution in [0, 0.1) is 5.92 Å². The Labute approximate surface area is 112 Å². The molecule has 2 aliphatic carbocycles. The lowest BCUT2D eigenvalue weighted by Gasteiger charge is -2.25. The first-order valence-electron chi connectivity index (χ1n) is 6.91. The minimum Gasteiger partial charge on any atom is -0.393 e. The molecule has 4 nitrogen and oxygen atoms in total. The van der Waals surface area contributed by atoms with Crippen LogP contribution in [-0.2, 0) is 0 Å². The maximum atomic E-state index is 9.50. The van der Waals surface area contributed by atoms with Crippen LogP contribution in [0.2, 0.25) is 0 Å². The van der Waals surface area contributed by atoms with Crippen molar-refractivity contribution >= 4 is 22.4 Å². The molecule has 0 spiro atoms. The van der Waals surface area contributed by atoms with Crippen molar-refractivity contribution in [3.8, 4) is 0 Å². The SMILES string of the molecule is Nc1nsc(NCC2CCC(O)CC2)c1C1CC1. The number of anilines is 2. The van der Waals surface area contributed by atoms with Gasteiger partial charge in [0, 0.05) is 12.1 Å². The van der Waals surface area contributed by atoms with Crippen molar-refractivity contribution in [2.75, 3.05) is 17.6 Å². The molecule has 100 valence electrons. The standard InChI is InChI=1S/C13H21N3OS/c14-12-11(9-3-4-9)13(18-16-12)15-7-8-1-5-10(17)6-2-8/h8-10,15,17H,1-7H2,(H2,14,16). The Morgan fingerprint density at radius 1 is 1.22 bits per heavy atom. The highest BCUT2D eigenvalue weighted by Gasteiger charge is 2.30. The number of aromatic nitrogens is 1. The van der Waals surface area contributed by atoms with Crippen molar-refractivity contribution in [3.63, 3.8) is 0 Å². The van der Waals surface area contributed by atoms with Crippen LogP contribution in [0.5, 0.6) is 0 Å². The fraction of sp³-hybridized carbons (Fsp3) is 0.769. The maximum absolute atomic E-state index is 9.50. The molecular weight excluding hydrogens is 246 g/mol. The Bertz CT molecular complexity index is 408. The minimum atomic E-state index is -0.0673. The van der Waals surface area contributed by atoms with Gasteiger partial charge in [0.05, 0.1) is 6.10 Å². The Morgan fingerprint density at radius 3 is 2.61 bits per heavy atom. The third-order valence-corrected chi connectivity index (χ3v) is 4.94. The monoisotopic (exact) mass is 267 g/mol. The van der Waals surface area contributed by atoms with Gasteiger partial charge >= 0.3 is 0 Å². The molecule has 2 saturated carbocycles. The van der Waals surface area contributed by atoms with E-state index in [1.807, 2.05) is 0 Å². The summed E-state index contributed by atoms with van der Waals surface area (Å²) in [6, 6.07) is 0. The van der Waals surface area contributed by atoms with E-state index in [0.717, 1.165) is 38.0 Å². The molecule has 0 aliphatic heterocycles. The van der Waals surface area contributed by atoms with Gasteiger partial charge in [-0.25, -0.2) is 0 Å². The predicted octanol–water partition coefficient (Wildman–Crippen LogP) is 2.57. The summed E-state index contributed by atoms with van der Waals surface area (Å²) in [6.45, 7) is 0.994. The lowest BCUT2D eigenvalue weighted by atomic mass is 9.87. The van der Waals surface area contributed by atoms with Gasteiger partial charge in [0.1, 0.15) is 10.8 Å². The summed E-state index contributed by atoms with van der Waals surface area (Å²) in [5.41, 5.74) is 7.20.